The first-order chi connectivity index (χ1) is 17.6. The zero-order chi connectivity index (χ0) is 24.9. The molecule has 1 aliphatic heterocycles. The molecule has 0 saturated carbocycles. The number of thiophene rings is 1. The lowest BCUT2D eigenvalue weighted by Crippen LogP contribution is -2.30. The summed E-state index contributed by atoms with van der Waals surface area (Å²) in [6.45, 7) is 4.39. The highest BCUT2D eigenvalue weighted by atomic mass is 32.1. The zero-order valence-electron chi connectivity index (χ0n) is 20.0. The van der Waals surface area contributed by atoms with Crippen LogP contribution < -0.4 is 10.2 Å². The number of benzene rings is 2. The lowest BCUT2D eigenvalue weighted by molar-refractivity contribution is -0.109. The van der Waals surface area contributed by atoms with Crippen LogP contribution in [0.1, 0.15) is 31.8 Å². The van der Waals surface area contributed by atoms with Crippen molar-refractivity contribution >= 4 is 44.7 Å². The van der Waals surface area contributed by atoms with Crippen molar-refractivity contribution < 1.29 is 10.6 Å². The monoisotopic (exact) mass is 504 g/mol. The van der Waals surface area contributed by atoms with Crippen LogP contribution in [0.5, 0.6) is 0 Å². The highest BCUT2D eigenvalue weighted by molar-refractivity contribution is 7.17. The topological polar surface area (TPSA) is 75.9 Å². The Labute approximate surface area is 214 Å². The van der Waals surface area contributed by atoms with Crippen LogP contribution in [0.15, 0.2) is 60.4 Å². The van der Waals surface area contributed by atoms with E-state index >= 15 is 0 Å². The van der Waals surface area contributed by atoms with E-state index < -0.39 is 0 Å². The highest BCUT2D eigenvalue weighted by Gasteiger charge is 2.17. The minimum Gasteiger partial charge on any atom is -0.356 e. The summed E-state index contributed by atoms with van der Waals surface area (Å²) in [5, 5.41) is 11.4. The van der Waals surface area contributed by atoms with E-state index in [1.807, 2.05) is 24.4 Å². The van der Waals surface area contributed by atoms with Crippen molar-refractivity contribution in [2.45, 2.75) is 32.7 Å². The number of aryl methyl sites for hydroxylation is 1. The first kappa shape index (κ1) is 23.9. The van der Waals surface area contributed by atoms with Crippen molar-refractivity contribution in [3.63, 3.8) is 0 Å². The Bertz CT molecular complexity index is 1500. The largest absolute Gasteiger partial charge is 0.356 e. The molecule has 1 fully saturated rings. The van der Waals surface area contributed by atoms with E-state index in [1.54, 1.807) is 35.3 Å². The van der Waals surface area contributed by atoms with Crippen LogP contribution in [-0.2, 0) is 11.3 Å². The number of rotatable bonds is 5. The van der Waals surface area contributed by atoms with Gasteiger partial charge < -0.3 is 10.2 Å². The van der Waals surface area contributed by atoms with E-state index in [1.165, 1.54) is 41.0 Å². The minimum atomic E-state index is -0.232. The number of nitrogens with one attached hydrogen (secondary N) is 1. The predicted octanol–water partition coefficient (Wildman–Crippen LogP) is 5.65. The van der Waals surface area contributed by atoms with Crippen LogP contribution in [0, 0.1) is 12.7 Å². The lowest BCUT2D eigenvalue weighted by Gasteiger charge is -2.27. The third kappa shape index (κ3) is 5.06. The Balaban J connectivity index is 0.000000195. The summed E-state index contributed by atoms with van der Waals surface area (Å²) in [6.07, 6.45) is 7.81. The van der Waals surface area contributed by atoms with Crippen LogP contribution in [-0.4, -0.2) is 39.2 Å². The molecule has 7 nitrogen and oxygen atoms in total. The number of carbonyl (C=O) groups excluding carboxylic acids is 1. The number of fused-ring (bicyclic) bond motifs is 2. The summed E-state index contributed by atoms with van der Waals surface area (Å²) < 4.78 is 16.8. The first-order valence-corrected chi connectivity index (χ1v) is 12.9. The smallest absolute Gasteiger partial charge is 0.207 e. The first-order valence-electron chi connectivity index (χ1n) is 12.0. The molecule has 1 amide bonds. The molecule has 2 aromatic carbocycles. The molecule has 0 spiro atoms. The molecule has 1 N–H and O–H groups in total. The summed E-state index contributed by atoms with van der Waals surface area (Å²) in [6, 6.07) is 13.3. The van der Waals surface area contributed by atoms with Gasteiger partial charge >= 0.3 is 0 Å². The molecule has 1 aliphatic rings. The number of anilines is 1. The normalized spacial score (nSPS) is 13.4. The number of hydrogen-bond acceptors (Lipinski definition) is 6. The van der Waals surface area contributed by atoms with Crippen molar-refractivity contribution in [1.29, 1.82) is 0 Å². The Morgan fingerprint density at radius 2 is 1.94 bits per heavy atom. The second-order valence-electron chi connectivity index (χ2n) is 8.75. The van der Waals surface area contributed by atoms with Crippen LogP contribution >= 0.6 is 11.3 Å². The molecule has 3 aromatic heterocycles. The summed E-state index contributed by atoms with van der Waals surface area (Å²) in [5.74, 6) is 0.693. The Morgan fingerprint density at radius 1 is 1.11 bits per heavy atom. The van der Waals surface area contributed by atoms with Gasteiger partial charge in [-0.3, -0.25) is 4.79 Å². The minimum absolute atomic E-state index is 0. The molecule has 4 heterocycles. The molecular formula is C27H29FN6OS. The van der Waals surface area contributed by atoms with Crippen LogP contribution in [0.4, 0.5) is 10.2 Å². The maximum Gasteiger partial charge on any atom is 0.207 e. The molecule has 5 aromatic rings. The highest BCUT2D eigenvalue weighted by Crippen LogP contribution is 2.27. The molecule has 0 aliphatic carbocycles. The number of halogens is 1. The van der Waals surface area contributed by atoms with E-state index in [0.717, 1.165) is 30.7 Å². The zero-order valence-corrected chi connectivity index (χ0v) is 20.8. The second-order valence-corrected chi connectivity index (χ2v) is 9.66. The number of nitrogens with zero attached hydrogens (tertiary/aromatic N) is 5. The molecule has 6 rings (SSSR count). The van der Waals surface area contributed by atoms with Crippen molar-refractivity contribution in [3.8, 4) is 5.69 Å². The van der Waals surface area contributed by atoms with Crippen molar-refractivity contribution in [3.05, 3.63) is 77.3 Å². The molecule has 0 unspecified atom stereocenters. The van der Waals surface area contributed by atoms with Gasteiger partial charge in [0.2, 0.25) is 6.41 Å². The van der Waals surface area contributed by atoms with E-state index in [-0.39, 0.29) is 7.24 Å². The van der Waals surface area contributed by atoms with Crippen LogP contribution in [0.25, 0.3) is 26.8 Å². The standard InChI is InChI=1S/C17H18FN5.C10H9NOS.H2/c1-12-5-6-13(9-15(12)18)23-10-14-16(21-23)19-11-20-17(14)22-7-3-2-4-8-22;12-7-11-5-8-6-13-10-4-2-1-3-9(8)10;/h5-6,9-11H,2-4,7-8H2,1H3;1-4,6-7H,5H2,(H,11,12);1H. The van der Waals surface area contributed by atoms with Crippen LogP contribution in [0.3, 0.4) is 0 Å². The average Bonchev–Trinajstić information content (AvgIpc) is 3.54. The lowest BCUT2D eigenvalue weighted by atomic mass is 10.1. The number of hydrogen-bond donors (Lipinski definition) is 1. The maximum absolute atomic E-state index is 13.8. The van der Waals surface area contributed by atoms with Gasteiger partial charge in [-0.15, -0.1) is 16.4 Å². The van der Waals surface area contributed by atoms with Gasteiger partial charge in [-0.25, -0.2) is 19.0 Å². The number of aromatic nitrogens is 4. The summed E-state index contributed by atoms with van der Waals surface area (Å²) >= 11 is 1.71. The molecule has 186 valence electrons. The molecule has 0 atom stereocenters. The molecule has 1 saturated heterocycles. The van der Waals surface area contributed by atoms with Crippen molar-refractivity contribution in [1.82, 2.24) is 25.1 Å². The van der Waals surface area contributed by atoms with Crippen molar-refractivity contribution in [2.75, 3.05) is 18.0 Å². The van der Waals surface area contributed by atoms with Gasteiger partial charge in [0, 0.05) is 32.0 Å². The van der Waals surface area contributed by atoms with E-state index in [4.69, 9.17) is 0 Å². The van der Waals surface area contributed by atoms with Gasteiger partial charge in [0.05, 0.1) is 11.1 Å². The fraction of sp³-hybridized carbons (Fsp3) is 0.259. The van der Waals surface area contributed by atoms with Gasteiger partial charge in [-0.2, -0.15) is 0 Å². The number of amides is 1. The maximum atomic E-state index is 13.8. The van der Waals surface area contributed by atoms with Gasteiger partial charge in [-0.05, 0) is 66.3 Å². The van der Waals surface area contributed by atoms with Gasteiger partial charge in [-0.1, -0.05) is 24.3 Å². The Morgan fingerprint density at radius 3 is 2.75 bits per heavy atom. The summed E-state index contributed by atoms with van der Waals surface area (Å²) in [7, 11) is 0. The van der Waals surface area contributed by atoms with E-state index in [0.29, 0.717) is 23.4 Å². The molecule has 0 radical (unpaired) electrons. The Kier molecular flexibility index (Phi) is 7.18. The molecule has 9 heteroatoms. The second kappa shape index (κ2) is 10.8. The molecule has 36 heavy (non-hydrogen) atoms. The average molecular weight is 505 g/mol. The number of carbonyl (C=O) groups is 1. The van der Waals surface area contributed by atoms with Gasteiger partial charge in [0.1, 0.15) is 18.0 Å². The van der Waals surface area contributed by atoms with Crippen LogP contribution in [0.2, 0.25) is 0 Å². The molecular weight excluding hydrogens is 475 g/mol. The van der Waals surface area contributed by atoms with E-state index in [9.17, 15) is 9.18 Å². The Hall–Kier alpha value is -3.85. The fourth-order valence-corrected chi connectivity index (χ4v) is 5.32. The number of piperidine rings is 1. The van der Waals surface area contributed by atoms with Crippen molar-refractivity contribution in [2.24, 2.45) is 0 Å². The summed E-state index contributed by atoms with van der Waals surface area (Å²) in [4.78, 5) is 21.1. The van der Waals surface area contributed by atoms with Gasteiger partial charge in [0.25, 0.3) is 0 Å². The molecule has 0 bridgehead atoms. The van der Waals surface area contributed by atoms with E-state index in [2.05, 4.69) is 42.8 Å². The third-order valence-corrected chi connectivity index (χ3v) is 7.32. The summed E-state index contributed by atoms with van der Waals surface area (Å²) in [5.41, 5.74) is 3.14. The third-order valence-electron chi connectivity index (χ3n) is 6.31. The van der Waals surface area contributed by atoms with Gasteiger partial charge in [0.15, 0.2) is 5.65 Å². The fourth-order valence-electron chi connectivity index (χ4n) is 4.36. The quantitative estimate of drug-likeness (QED) is 0.313. The predicted molar refractivity (Wildman–Crippen MR) is 144 cm³/mol. The SMILES string of the molecule is Cc1ccc(-n2cc3c(N4CCCCC4)ncnc3n2)cc1F.O=CNCc1csc2ccccc12.[HH].